The van der Waals surface area contributed by atoms with E-state index in [4.69, 9.17) is 9.52 Å². The van der Waals surface area contributed by atoms with E-state index in [0.717, 1.165) is 34.5 Å². The highest BCUT2D eigenvalue weighted by atomic mass is 32.2. The van der Waals surface area contributed by atoms with Gasteiger partial charge in [-0.25, -0.2) is 4.79 Å². The van der Waals surface area contributed by atoms with Gasteiger partial charge in [-0.15, -0.1) is 11.8 Å². The predicted octanol–water partition coefficient (Wildman–Crippen LogP) is 3.81. The fourth-order valence-corrected chi connectivity index (χ4v) is 2.60. The van der Waals surface area contributed by atoms with Crippen LogP contribution in [0, 0.1) is 0 Å². The highest BCUT2D eigenvalue weighted by Gasteiger charge is 2.01. The maximum absolute atomic E-state index is 10.5. The van der Waals surface area contributed by atoms with Crippen LogP contribution in [-0.2, 0) is 16.3 Å². The number of benzene rings is 1. The Kier molecular flexibility index (Phi) is 4.86. The summed E-state index contributed by atoms with van der Waals surface area (Å²) in [6.07, 6.45) is 4.46. The molecule has 1 N–H and O–H groups in total. The summed E-state index contributed by atoms with van der Waals surface area (Å²) in [6, 6.07) is 11.6. The molecule has 0 aliphatic heterocycles. The van der Waals surface area contributed by atoms with E-state index in [2.05, 4.69) is 0 Å². The molecule has 0 unspecified atom stereocenters. The van der Waals surface area contributed by atoms with Gasteiger partial charge in [-0.05, 0) is 29.3 Å². The summed E-state index contributed by atoms with van der Waals surface area (Å²) in [5.41, 5.74) is 2.06. The largest absolute Gasteiger partial charge is 0.478 e. The number of hydrogen-bond acceptors (Lipinski definition) is 3. The van der Waals surface area contributed by atoms with Gasteiger partial charge in [0.25, 0.3) is 0 Å². The fourth-order valence-electron chi connectivity index (χ4n) is 1.65. The highest BCUT2D eigenvalue weighted by Crippen LogP contribution is 2.21. The molecule has 0 bridgehead atoms. The molecule has 0 saturated carbocycles. The average Bonchev–Trinajstić information content (AvgIpc) is 2.91. The highest BCUT2D eigenvalue weighted by molar-refractivity contribution is 7.97. The molecule has 0 radical (unpaired) electrons. The molecule has 2 aromatic rings. The molecule has 0 saturated heterocycles. The molecule has 1 aromatic carbocycles. The maximum Gasteiger partial charge on any atom is 0.328 e. The van der Waals surface area contributed by atoms with Crippen LogP contribution in [0.4, 0.5) is 0 Å². The van der Waals surface area contributed by atoms with Gasteiger partial charge in [0.15, 0.2) is 0 Å². The Morgan fingerprint density at radius 1 is 1.21 bits per heavy atom. The second kappa shape index (κ2) is 6.85. The lowest BCUT2D eigenvalue weighted by molar-refractivity contribution is -0.131. The van der Waals surface area contributed by atoms with Crippen LogP contribution in [0.1, 0.15) is 16.9 Å². The fraction of sp³-hybridized carbons (Fsp3) is 0.133. The van der Waals surface area contributed by atoms with Gasteiger partial charge >= 0.3 is 5.97 Å². The first kappa shape index (κ1) is 13.5. The SMILES string of the molecule is O=C(O)C=Cc1ccccc1CSCc1ccco1. The van der Waals surface area contributed by atoms with E-state index in [1.807, 2.05) is 36.4 Å². The van der Waals surface area contributed by atoms with Crippen molar-refractivity contribution in [1.82, 2.24) is 0 Å². The van der Waals surface area contributed by atoms with Crippen molar-refractivity contribution in [1.29, 1.82) is 0 Å². The Morgan fingerprint density at radius 2 is 2.05 bits per heavy atom. The third-order valence-corrected chi connectivity index (χ3v) is 3.55. The molecule has 0 amide bonds. The van der Waals surface area contributed by atoms with Crippen molar-refractivity contribution < 1.29 is 14.3 Å². The Balaban J connectivity index is 1.97. The minimum absolute atomic E-state index is 0.810. The van der Waals surface area contributed by atoms with E-state index in [1.165, 1.54) is 0 Å². The number of carboxylic acids is 1. The van der Waals surface area contributed by atoms with Crippen LogP contribution in [0.15, 0.2) is 53.2 Å². The molecule has 1 heterocycles. The standard InChI is InChI=1S/C15H14O3S/c16-15(17)8-7-12-4-1-2-5-13(12)10-19-11-14-6-3-9-18-14/h1-9H,10-11H2,(H,16,17). The molecule has 0 fully saturated rings. The van der Waals surface area contributed by atoms with Crippen molar-refractivity contribution in [2.45, 2.75) is 11.5 Å². The first-order chi connectivity index (χ1) is 9.25. The summed E-state index contributed by atoms with van der Waals surface area (Å²) >= 11 is 1.74. The van der Waals surface area contributed by atoms with E-state index < -0.39 is 5.97 Å². The zero-order valence-corrected chi connectivity index (χ0v) is 11.1. The molecule has 4 heteroatoms. The Hall–Kier alpha value is -1.94. The molecule has 3 nitrogen and oxygen atoms in total. The monoisotopic (exact) mass is 274 g/mol. The number of hydrogen-bond donors (Lipinski definition) is 1. The maximum atomic E-state index is 10.5. The molecule has 19 heavy (non-hydrogen) atoms. The number of thioether (sulfide) groups is 1. The van der Waals surface area contributed by atoms with E-state index in [9.17, 15) is 4.79 Å². The van der Waals surface area contributed by atoms with Crippen molar-refractivity contribution in [3.8, 4) is 0 Å². The molecule has 98 valence electrons. The number of carbonyl (C=O) groups is 1. The van der Waals surface area contributed by atoms with Crippen LogP contribution in [0.3, 0.4) is 0 Å². The molecular formula is C15H14O3S. The van der Waals surface area contributed by atoms with E-state index in [1.54, 1.807) is 24.1 Å². The van der Waals surface area contributed by atoms with Gasteiger partial charge in [-0.2, -0.15) is 0 Å². The second-order valence-electron chi connectivity index (χ2n) is 3.94. The normalized spacial score (nSPS) is 10.9. The summed E-state index contributed by atoms with van der Waals surface area (Å²) in [7, 11) is 0. The van der Waals surface area contributed by atoms with Gasteiger partial charge < -0.3 is 9.52 Å². The molecule has 0 spiro atoms. The number of carboxylic acid groups (broad SMARTS) is 1. The summed E-state index contributed by atoms with van der Waals surface area (Å²) in [6.45, 7) is 0. The zero-order valence-electron chi connectivity index (χ0n) is 10.3. The third kappa shape index (κ3) is 4.34. The first-order valence-corrected chi connectivity index (χ1v) is 7.00. The van der Waals surface area contributed by atoms with E-state index >= 15 is 0 Å². The lowest BCUT2D eigenvalue weighted by Gasteiger charge is -2.04. The van der Waals surface area contributed by atoms with Gasteiger partial charge in [0.1, 0.15) is 5.76 Å². The van der Waals surface area contributed by atoms with Gasteiger partial charge in [0.05, 0.1) is 12.0 Å². The van der Waals surface area contributed by atoms with Crippen LogP contribution in [0.2, 0.25) is 0 Å². The van der Waals surface area contributed by atoms with Crippen molar-refractivity contribution >= 4 is 23.8 Å². The van der Waals surface area contributed by atoms with Crippen LogP contribution in [-0.4, -0.2) is 11.1 Å². The molecule has 0 aliphatic rings. The van der Waals surface area contributed by atoms with Gasteiger partial charge in [-0.3, -0.25) is 0 Å². The molecule has 2 rings (SSSR count). The van der Waals surface area contributed by atoms with Crippen LogP contribution in [0.25, 0.3) is 6.08 Å². The van der Waals surface area contributed by atoms with Gasteiger partial charge in [-0.1, -0.05) is 24.3 Å². The third-order valence-electron chi connectivity index (χ3n) is 2.54. The quantitative estimate of drug-likeness (QED) is 0.814. The van der Waals surface area contributed by atoms with Crippen LogP contribution in [0.5, 0.6) is 0 Å². The molecule has 0 aliphatic carbocycles. The second-order valence-corrected chi connectivity index (χ2v) is 4.93. The Bertz CT molecular complexity index is 559. The van der Waals surface area contributed by atoms with E-state index in [-0.39, 0.29) is 0 Å². The van der Waals surface area contributed by atoms with Gasteiger partial charge in [0, 0.05) is 11.8 Å². The number of rotatable bonds is 6. The van der Waals surface area contributed by atoms with Crippen molar-refractivity contribution in [2.75, 3.05) is 0 Å². The minimum atomic E-state index is -0.932. The lowest BCUT2D eigenvalue weighted by atomic mass is 10.1. The number of furan rings is 1. The molecular weight excluding hydrogens is 260 g/mol. The smallest absolute Gasteiger partial charge is 0.328 e. The zero-order chi connectivity index (χ0) is 13.5. The van der Waals surface area contributed by atoms with Crippen LogP contribution < -0.4 is 0 Å². The summed E-state index contributed by atoms with van der Waals surface area (Å²) in [4.78, 5) is 10.5. The summed E-state index contributed by atoms with van der Waals surface area (Å²) in [5.74, 6) is 1.65. The van der Waals surface area contributed by atoms with E-state index in [0.29, 0.717) is 0 Å². The summed E-state index contributed by atoms with van der Waals surface area (Å²) < 4.78 is 5.27. The Labute approximate surface area is 115 Å². The van der Waals surface area contributed by atoms with Crippen LogP contribution >= 0.6 is 11.8 Å². The number of aliphatic carboxylic acids is 1. The van der Waals surface area contributed by atoms with Crippen molar-refractivity contribution in [3.05, 3.63) is 65.6 Å². The van der Waals surface area contributed by atoms with Gasteiger partial charge in [0.2, 0.25) is 0 Å². The topological polar surface area (TPSA) is 50.4 Å². The molecule has 1 aromatic heterocycles. The average molecular weight is 274 g/mol. The minimum Gasteiger partial charge on any atom is -0.478 e. The molecule has 0 atom stereocenters. The van der Waals surface area contributed by atoms with Crippen molar-refractivity contribution in [2.24, 2.45) is 0 Å². The summed E-state index contributed by atoms with van der Waals surface area (Å²) in [5, 5.41) is 8.66. The first-order valence-electron chi connectivity index (χ1n) is 5.85. The Morgan fingerprint density at radius 3 is 2.79 bits per heavy atom. The van der Waals surface area contributed by atoms with Crippen molar-refractivity contribution in [3.63, 3.8) is 0 Å². The lowest BCUT2D eigenvalue weighted by Crippen LogP contribution is -1.89. The predicted molar refractivity (Wildman–Crippen MR) is 76.8 cm³/mol.